The Bertz CT molecular complexity index is 2080. The van der Waals surface area contributed by atoms with E-state index < -0.39 is 0 Å². The minimum Gasteiger partial charge on any atom is -0.265 e. The van der Waals surface area contributed by atoms with Gasteiger partial charge in [-0.3, -0.25) is 9.97 Å². The Morgan fingerprint density at radius 2 is 0.478 bits per heavy atom. The van der Waals surface area contributed by atoms with Crippen molar-refractivity contribution in [2.45, 2.75) is 0 Å². The smallest absolute Gasteiger partial charge is 0.0973 e. The fraction of sp³-hybridized carbons (Fsp3) is 0. The minimum absolute atomic E-state index is 0.868. The van der Waals surface area contributed by atoms with Crippen LogP contribution in [0.15, 0.2) is 170 Å². The van der Waals surface area contributed by atoms with E-state index in [4.69, 9.17) is 9.97 Å². The SMILES string of the molecule is c1ccc2nc(-c3ccc(-c4ccc(-c5ccncc5)cc4)cc3)c(-c3ccc(-c4ccc(-c5ccncc5)cc4)cc3)nc2c1. The van der Waals surface area contributed by atoms with Crippen molar-refractivity contribution in [2.75, 3.05) is 0 Å². The normalized spacial score (nSPS) is 11.0. The molecule has 0 aliphatic rings. The zero-order valence-corrected chi connectivity index (χ0v) is 25.0. The third-order valence-electron chi connectivity index (χ3n) is 8.35. The van der Waals surface area contributed by atoms with Gasteiger partial charge in [-0.15, -0.1) is 0 Å². The van der Waals surface area contributed by atoms with Gasteiger partial charge in [0.15, 0.2) is 0 Å². The van der Waals surface area contributed by atoms with Crippen LogP contribution in [-0.2, 0) is 0 Å². The van der Waals surface area contributed by atoms with Gasteiger partial charge < -0.3 is 0 Å². The molecule has 0 saturated carbocycles. The van der Waals surface area contributed by atoms with Gasteiger partial charge in [-0.05, 0) is 80.9 Å². The second-order valence-corrected chi connectivity index (χ2v) is 11.2. The van der Waals surface area contributed by atoms with Gasteiger partial charge in [0, 0.05) is 35.9 Å². The van der Waals surface area contributed by atoms with E-state index in [-0.39, 0.29) is 0 Å². The molecule has 0 saturated heterocycles. The molecule has 216 valence electrons. The molecule has 0 aliphatic carbocycles. The van der Waals surface area contributed by atoms with Gasteiger partial charge in [0.25, 0.3) is 0 Å². The highest BCUT2D eigenvalue weighted by Crippen LogP contribution is 2.34. The standard InChI is InChI=1S/C42H28N4/c1-2-4-40-39(3-1)45-41(37-17-13-31(14-18-37)29-5-9-33(10-6-29)35-21-25-43-26-22-35)42(46-40)38-19-15-32(16-20-38)30-7-11-34(12-8-30)36-23-27-44-28-24-36/h1-28H. The van der Waals surface area contributed by atoms with Crippen LogP contribution in [0.2, 0.25) is 0 Å². The highest BCUT2D eigenvalue weighted by atomic mass is 14.8. The van der Waals surface area contributed by atoms with Gasteiger partial charge in [0.05, 0.1) is 22.4 Å². The monoisotopic (exact) mass is 588 g/mol. The highest BCUT2D eigenvalue weighted by molar-refractivity contribution is 5.87. The lowest BCUT2D eigenvalue weighted by Crippen LogP contribution is -1.95. The average Bonchev–Trinajstić information content (AvgIpc) is 3.15. The maximum absolute atomic E-state index is 5.12. The van der Waals surface area contributed by atoms with E-state index in [9.17, 15) is 0 Å². The Kier molecular flexibility index (Phi) is 7.14. The van der Waals surface area contributed by atoms with Gasteiger partial charge >= 0.3 is 0 Å². The molecule has 3 heterocycles. The quantitative estimate of drug-likeness (QED) is 0.194. The van der Waals surface area contributed by atoms with Crippen LogP contribution in [0.3, 0.4) is 0 Å². The number of para-hydroxylation sites is 2. The van der Waals surface area contributed by atoms with Gasteiger partial charge in [-0.1, -0.05) is 109 Å². The lowest BCUT2D eigenvalue weighted by atomic mass is 9.97. The van der Waals surface area contributed by atoms with Crippen LogP contribution in [-0.4, -0.2) is 19.9 Å². The molecule has 0 fully saturated rings. The third-order valence-corrected chi connectivity index (χ3v) is 8.35. The van der Waals surface area contributed by atoms with Crippen LogP contribution in [0.25, 0.3) is 78.1 Å². The summed E-state index contributed by atoms with van der Waals surface area (Å²) in [6, 6.07) is 50.7. The zero-order valence-electron chi connectivity index (χ0n) is 25.0. The van der Waals surface area contributed by atoms with Crippen molar-refractivity contribution in [3.8, 4) is 67.0 Å². The second kappa shape index (κ2) is 12.0. The van der Waals surface area contributed by atoms with Crippen LogP contribution in [0, 0.1) is 0 Å². The summed E-state index contributed by atoms with van der Waals surface area (Å²) < 4.78 is 0. The maximum atomic E-state index is 5.12. The number of benzene rings is 5. The van der Waals surface area contributed by atoms with Crippen LogP contribution < -0.4 is 0 Å². The molecule has 0 atom stereocenters. The molecular weight excluding hydrogens is 560 g/mol. The van der Waals surface area contributed by atoms with Gasteiger partial charge in [0.1, 0.15) is 0 Å². The molecule has 0 unspecified atom stereocenters. The molecule has 0 bridgehead atoms. The molecule has 4 heteroatoms. The number of rotatable bonds is 6. The fourth-order valence-corrected chi connectivity index (χ4v) is 5.84. The fourth-order valence-electron chi connectivity index (χ4n) is 5.84. The van der Waals surface area contributed by atoms with E-state index in [2.05, 4.69) is 107 Å². The van der Waals surface area contributed by atoms with Gasteiger partial charge in [-0.25, -0.2) is 9.97 Å². The maximum Gasteiger partial charge on any atom is 0.0973 e. The third kappa shape index (κ3) is 5.44. The lowest BCUT2D eigenvalue weighted by molar-refractivity contribution is 1.29. The van der Waals surface area contributed by atoms with Gasteiger partial charge in [-0.2, -0.15) is 0 Å². The Morgan fingerprint density at radius 1 is 0.239 bits per heavy atom. The molecule has 3 aromatic heterocycles. The summed E-state index contributed by atoms with van der Waals surface area (Å²) in [5.41, 5.74) is 14.8. The Hall–Kier alpha value is -6.26. The molecule has 5 aromatic carbocycles. The van der Waals surface area contributed by atoms with Crippen molar-refractivity contribution in [3.05, 3.63) is 170 Å². The molecule has 0 amide bonds. The molecule has 8 rings (SSSR count). The summed E-state index contributed by atoms with van der Waals surface area (Å²) in [5.74, 6) is 0. The molecule has 4 nitrogen and oxygen atoms in total. The number of hydrogen-bond donors (Lipinski definition) is 0. The highest BCUT2D eigenvalue weighted by Gasteiger charge is 2.14. The minimum atomic E-state index is 0.868. The number of pyridine rings is 2. The van der Waals surface area contributed by atoms with Gasteiger partial charge in [0.2, 0.25) is 0 Å². The predicted octanol–water partition coefficient (Wildman–Crippen LogP) is 10.4. The first-order valence-electron chi connectivity index (χ1n) is 15.3. The van der Waals surface area contributed by atoms with Crippen molar-refractivity contribution in [3.63, 3.8) is 0 Å². The molecule has 0 spiro atoms. The molecule has 0 aliphatic heterocycles. The number of fused-ring (bicyclic) bond motifs is 1. The van der Waals surface area contributed by atoms with Crippen LogP contribution >= 0.6 is 0 Å². The topological polar surface area (TPSA) is 51.6 Å². The molecule has 0 radical (unpaired) electrons. The summed E-state index contributed by atoms with van der Waals surface area (Å²) in [4.78, 5) is 18.5. The van der Waals surface area contributed by atoms with E-state index in [0.717, 1.165) is 55.8 Å². The lowest BCUT2D eigenvalue weighted by Gasteiger charge is -2.12. The second-order valence-electron chi connectivity index (χ2n) is 11.2. The zero-order chi connectivity index (χ0) is 30.7. The van der Waals surface area contributed by atoms with Crippen LogP contribution in [0.4, 0.5) is 0 Å². The number of nitrogens with zero attached hydrogens (tertiary/aromatic N) is 4. The Labute approximate surface area is 267 Å². The van der Waals surface area contributed by atoms with E-state index >= 15 is 0 Å². The Morgan fingerprint density at radius 3 is 0.761 bits per heavy atom. The van der Waals surface area contributed by atoms with Crippen molar-refractivity contribution in [1.29, 1.82) is 0 Å². The van der Waals surface area contributed by atoms with E-state index in [1.54, 1.807) is 0 Å². The van der Waals surface area contributed by atoms with Crippen molar-refractivity contribution in [2.24, 2.45) is 0 Å². The molecule has 46 heavy (non-hydrogen) atoms. The summed E-state index contributed by atoms with van der Waals surface area (Å²) >= 11 is 0. The molecule has 0 N–H and O–H groups in total. The largest absolute Gasteiger partial charge is 0.265 e. The summed E-state index contributed by atoms with van der Waals surface area (Å²) in [6.45, 7) is 0. The van der Waals surface area contributed by atoms with Crippen LogP contribution in [0.5, 0.6) is 0 Å². The molecular formula is C42H28N4. The first-order valence-corrected chi connectivity index (χ1v) is 15.3. The molecule has 8 aromatic rings. The predicted molar refractivity (Wildman–Crippen MR) is 188 cm³/mol. The van der Waals surface area contributed by atoms with E-state index in [0.29, 0.717) is 0 Å². The van der Waals surface area contributed by atoms with Crippen molar-refractivity contribution in [1.82, 2.24) is 19.9 Å². The van der Waals surface area contributed by atoms with E-state index in [1.807, 2.05) is 73.3 Å². The van der Waals surface area contributed by atoms with E-state index in [1.165, 1.54) is 22.3 Å². The summed E-state index contributed by atoms with van der Waals surface area (Å²) in [5, 5.41) is 0. The van der Waals surface area contributed by atoms with Crippen molar-refractivity contribution >= 4 is 11.0 Å². The average molecular weight is 589 g/mol. The van der Waals surface area contributed by atoms with Crippen molar-refractivity contribution < 1.29 is 0 Å². The number of hydrogen-bond acceptors (Lipinski definition) is 4. The first-order chi connectivity index (χ1) is 22.8. The number of aromatic nitrogens is 4. The first kappa shape index (κ1) is 27.3. The summed E-state index contributed by atoms with van der Waals surface area (Å²) in [7, 11) is 0. The Balaban J connectivity index is 1.11. The summed E-state index contributed by atoms with van der Waals surface area (Å²) in [6.07, 6.45) is 7.29. The van der Waals surface area contributed by atoms with Crippen LogP contribution in [0.1, 0.15) is 0 Å².